The van der Waals surface area contributed by atoms with Crippen LogP contribution >= 0.6 is 23.2 Å². The molecule has 0 saturated heterocycles. The van der Waals surface area contributed by atoms with Gasteiger partial charge in [-0.25, -0.2) is 13.1 Å². The number of hydrogen-bond donors (Lipinski definition) is 3. The molecular weight excluding hydrogens is 335 g/mol. The van der Waals surface area contributed by atoms with Crippen LogP contribution in [0.1, 0.15) is 26.7 Å². The zero-order chi connectivity index (χ0) is 16.3. The molecule has 8 heteroatoms. The van der Waals surface area contributed by atoms with Crippen LogP contribution in [0.4, 0.5) is 5.69 Å². The van der Waals surface area contributed by atoms with Crippen LogP contribution in [-0.2, 0) is 10.0 Å². The molecule has 0 atom stereocenters. The molecular formula is C13H20Cl2N2O3S. The summed E-state index contributed by atoms with van der Waals surface area (Å²) in [7, 11) is -3.88. The number of sulfonamides is 1. The molecule has 0 saturated carbocycles. The van der Waals surface area contributed by atoms with Gasteiger partial charge in [-0.15, -0.1) is 0 Å². The van der Waals surface area contributed by atoms with Crippen molar-refractivity contribution in [2.45, 2.75) is 31.6 Å². The predicted octanol–water partition coefficient (Wildman–Crippen LogP) is 2.65. The van der Waals surface area contributed by atoms with Crippen LogP contribution in [0.5, 0.6) is 0 Å². The zero-order valence-electron chi connectivity index (χ0n) is 12.0. The number of rotatable bonds is 7. The number of nitrogens with two attached hydrogens (primary N) is 1. The molecule has 120 valence electrons. The highest BCUT2D eigenvalue weighted by Crippen LogP contribution is 2.32. The Morgan fingerprint density at radius 1 is 1.24 bits per heavy atom. The Hall–Kier alpha value is -0.530. The molecule has 21 heavy (non-hydrogen) atoms. The fourth-order valence-electron chi connectivity index (χ4n) is 1.94. The van der Waals surface area contributed by atoms with Crippen molar-refractivity contribution in [3.63, 3.8) is 0 Å². The molecule has 0 radical (unpaired) electrons. The number of hydrogen-bond acceptors (Lipinski definition) is 4. The smallest absolute Gasteiger partial charge is 0.243 e. The first-order valence-electron chi connectivity index (χ1n) is 6.56. The largest absolute Gasteiger partial charge is 0.399 e. The van der Waals surface area contributed by atoms with E-state index in [2.05, 4.69) is 4.72 Å². The number of anilines is 1. The Kier molecular flexibility index (Phi) is 6.31. The summed E-state index contributed by atoms with van der Waals surface area (Å²) in [6, 6.07) is 2.67. The second-order valence-electron chi connectivity index (χ2n) is 5.00. The number of nitrogens with one attached hydrogen (secondary N) is 1. The van der Waals surface area contributed by atoms with E-state index in [1.807, 2.05) is 13.8 Å². The maximum absolute atomic E-state index is 12.4. The standard InChI is InChI=1S/C13H20Cl2N2O3S/c1-3-13(4-2,8-18)7-17-21(19,20)12-10(14)5-9(16)6-11(12)15/h5-6,17-18H,3-4,7-8,16H2,1-2H3. The van der Waals surface area contributed by atoms with Crippen LogP contribution in [0, 0.1) is 5.41 Å². The lowest BCUT2D eigenvalue weighted by molar-refractivity contribution is 0.119. The molecule has 0 aliphatic heterocycles. The first kappa shape index (κ1) is 18.5. The van der Waals surface area contributed by atoms with Crippen molar-refractivity contribution in [1.29, 1.82) is 0 Å². The molecule has 1 rings (SSSR count). The summed E-state index contributed by atoms with van der Waals surface area (Å²) in [5.41, 5.74) is 5.35. The monoisotopic (exact) mass is 354 g/mol. The van der Waals surface area contributed by atoms with E-state index in [1.165, 1.54) is 12.1 Å². The summed E-state index contributed by atoms with van der Waals surface area (Å²) in [5, 5.41) is 9.42. The third-order valence-corrected chi connectivity index (χ3v) is 6.08. The highest BCUT2D eigenvalue weighted by Gasteiger charge is 2.29. The van der Waals surface area contributed by atoms with Gasteiger partial charge in [0.2, 0.25) is 10.0 Å². The molecule has 0 fully saturated rings. The third-order valence-electron chi connectivity index (χ3n) is 3.76. The number of aliphatic hydroxyl groups excluding tert-OH is 1. The highest BCUT2D eigenvalue weighted by molar-refractivity contribution is 7.89. The molecule has 4 N–H and O–H groups in total. The fraction of sp³-hybridized carbons (Fsp3) is 0.538. The predicted molar refractivity (Wildman–Crippen MR) is 86.2 cm³/mol. The summed E-state index contributed by atoms with van der Waals surface area (Å²) < 4.78 is 27.2. The van der Waals surface area contributed by atoms with Crippen molar-refractivity contribution in [2.24, 2.45) is 5.41 Å². The van der Waals surface area contributed by atoms with E-state index in [0.29, 0.717) is 12.8 Å². The summed E-state index contributed by atoms with van der Waals surface area (Å²) in [6.45, 7) is 3.80. The summed E-state index contributed by atoms with van der Waals surface area (Å²) >= 11 is 11.9. The second kappa shape index (κ2) is 7.15. The summed E-state index contributed by atoms with van der Waals surface area (Å²) in [5.74, 6) is 0. The van der Waals surface area contributed by atoms with Gasteiger partial charge in [-0.3, -0.25) is 0 Å². The Morgan fingerprint density at radius 3 is 2.10 bits per heavy atom. The van der Waals surface area contributed by atoms with Crippen LogP contribution < -0.4 is 10.5 Å². The van der Waals surface area contributed by atoms with Crippen LogP contribution in [0.15, 0.2) is 17.0 Å². The first-order valence-corrected chi connectivity index (χ1v) is 8.80. The van der Waals surface area contributed by atoms with E-state index in [0.717, 1.165) is 0 Å². The van der Waals surface area contributed by atoms with Crippen LogP contribution in [-0.4, -0.2) is 26.7 Å². The van der Waals surface area contributed by atoms with Gasteiger partial charge in [0.15, 0.2) is 0 Å². The molecule has 0 amide bonds. The second-order valence-corrected chi connectivity index (χ2v) is 7.52. The minimum atomic E-state index is -3.88. The van der Waals surface area contributed by atoms with Crippen molar-refractivity contribution in [1.82, 2.24) is 4.72 Å². The quantitative estimate of drug-likeness (QED) is 0.656. The van der Waals surface area contributed by atoms with Crippen molar-refractivity contribution >= 4 is 38.9 Å². The van der Waals surface area contributed by atoms with Crippen molar-refractivity contribution in [2.75, 3.05) is 18.9 Å². The minimum absolute atomic E-state index is 0.0323. The Labute approximate surface area is 135 Å². The first-order chi connectivity index (χ1) is 9.71. The van der Waals surface area contributed by atoms with Crippen LogP contribution in [0.25, 0.3) is 0 Å². The number of benzene rings is 1. The van der Waals surface area contributed by atoms with Crippen molar-refractivity contribution in [3.05, 3.63) is 22.2 Å². The molecule has 0 heterocycles. The molecule has 0 bridgehead atoms. The van der Waals surface area contributed by atoms with Crippen molar-refractivity contribution in [3.8, 4) is 0 Å². The Balaban J connectivity index is 3.09. The topological polar surface area (TPSA) is 92.4 Å². The number of nitrogen functional groups attached to an aromatic ring is 1. The molecule has 0 aromatic heterocycles. The average molecular weight is 355 g/mol. The molecule has 1 aromatic rings. The normalized spacial score (nSPS) is 12.6. The van der Waals surface area contributed by atoms with Gasteiger partial charge in [0.1, 0.15) is 4.90 Å². The van der Waals surface area contributed by atoms with Crippen LogP contribution in [0.2, 0.25) is 10.0 Å². The molecule has 0 spiro atoms. The van der Waals surface area contributed by atoms with Gasteiger partial charge in [0, 0.05) is 24.3 Å². The van der Waals surface area contributed by atoms with E-state index >= 15 is 0 Å². The van der Waals surface area contributed by atoms with E-state index in [9.17, 15) is 13.5 Å². The highest BCUT2D eigenvalue weighted by atomic mass is 35.5. The SMILES string of the molecule is CCC(CC)(CO)CNS(=O)(=O)c1c(Cl)cc(N)cc1Cl. The zero-order valence-corrected chi connectivity index (χ0v) is 14.3. The lowest BCUT2D eigenvalue weighted by atomic mass is 9.84. The Bertz CT molecular complexity index is 570. The summed E-state index contributed by atoms with van der Waals surface area (Å²) in [4.78, 5) is -0.195. The molecule has 0 aliphatic carbocycles. The number of aliphatic hydroxyl groups is 1. The average Bonchev–Trinajstić information content (AvgIpc) is 2.39. The minimum Gasteiger partial charge on any atom is -0.399 e. The molecule has 1 aromatic carbocycles. The molecule has 0 aliphatic rings. The Morgan fingerprint density at radius 2 is 1.71 bits per heavy atom. The van der Waals surface area contributed by atoms with Crippen molar-refractivity contribution < 1.29 is 13.5 Å². The van der Waals surface area contributed by atoms with Gasteiger partial charge in [-0.05, 0) is 25.0 Å². The van der Waals surface area contributed by atoms with E-state index in [-0.39, 0.29) is 33.8 Å². The lowest BCUT2D eigenvalue weighted by Crippen LogP contribution is -2.39. The fourth-order valence-corrected chi connectivity index (χ4v) is 4.32. The van der Waals surface area contributed by atoms with Gasteiger partial charge in [-0.2, -0.15) is 0 Å². The number of halogens is 2. The van der Waals surface area contributed by atoms with Crippen LogP contribution in [0.3, 0.4) is 0 Å². The van der Waals surface area contributed by atoms with E-state index < -0.39 is 15.4 Å². The lowest BCUT2D eigenvalue weighted by Gasteiger charge is -2.29. The molecule has 0 unspecified atom stereocenters. The van der Waals surface area contributed by atoms with E-state index in [1.54, 1.807) is 0 Å². The summed E-state index contributed by atoms with van der Waals surface area (Å²) in [6.07, 6.45) is 1.29. The maximum Gasteiger partial charge on any atom is 0.243 e. The maximum atomic E-state index is 12.4. The van der Waals surface area contributed by atoms with Gasteiger partial charge < -0.3 is 10.8 Å². The van der Waals surface area contributed by atoms with Gasteiger partial charge >= 0.3 is 0 Å². The third kappa shape index (κ3) is 4.23. The van der Waals surface area contributed by atoms with Gasteiger partial charge in [0.05, 0.1) is 10.0 Å². The molecule has 5 nitrogen and oxygen atoms in total. The van der Waals surface area contributed by atoms with Gasteiger partial charge in [0.25, 0.3) is 0 Å². The van der Waals surface area contributed by atoms with Gasteiger partial charge in [-0.1, -0.05) is 37.0 Å². The van der Waals surface area contributed by atoms with E-state index in [4.69, 9.17) is 28.9 Å².